The van der Waals surface area contributed by atoms with Crippen molar-refractivity contribution < 1.29 is 19.1 Å². The third kappa shape index (κ3) is 4.23. The molecule has 0 radical (unpaired) electrons. The minimum absolute atomic E-state index is 0.284. The number of benzene rings is 2. The number of hydrogen-bond donors (Lipinski definition) is 1. The maximum absolute atomic E-state index is 12.6. The number of rotatable bonds is 5. The molecule has 6 nitrogen and oxygen atoms in total. The number of carbonyl (C=O) groups is 2. The van der Waals surface area contributed by atoms with Crippen LogP contribution < -0.4 is 10.1 Å². The van der Waals surface area contributed by atoms with Crippen molar-refractivity contribution in [3.63, 3.8) is 0 Å². The van der Waals surface area contributed by atoms with Crippen LogP contribution in [-0.4, -0.2) is 30.1 Å². The molecule has 1 unspecified atom stereocenters. The van der Waals surface area contributed by atoms with E-state index >= 15 is 0 Å². The second kappa shape index (κ2) is 8.27. The lowest BCUT2D eigenvalue weighted by Gasteiger charge is -2.16. The molecule has 7 heteroatoms. The summed E-state index contributed by atoms with van der Waals surface area (Å²) in [6.45, 7) is 3.22. The molecule has 0 spiro atoms. The Kier molecular flexibility index (Phi) is 5.80. The highest BCUT2D eigenvalue weighted by molar-refractivity contribution is 6.31. The summed E-state index contributed by atoms with van der Waals surface area (Å²) in [6, 6.07) is 13.9. The standard InChI is InChI=1S/C21H19ClN2O4/c1-12-16(11-14-10-15(22)8-9-17(14)23-12)21(26)28-13(2)20(25)24-18-6-4-5-7-19(18)27-3/h4-11,13H,1-3H3,(H,24,25). The molecule has 144 valence electrons. The predicted octanol–water partition coefficient (Wildman–Crippen LogP) is 4.39. The van der Waals surface area contributed by atoms with Crippen LogP contribution in [0.2, 0.25) is 5.02 Å². The molecule has 1 amide bonds. The van der Waals surface area contributed by atoms with E-state index in [1.54, 1.807) is 55.5 Å². The highest BCUT2D eigenvalue weighted by atomic mass is 35.5. The highest BCUT2D eigenvalue weighted by Crippen LogP contribution is 2.24. The molecule has 3 aromatic rings. The molecule has 1 aromatic heterocycles. The molecule has 1 heterocycles. The van der Waals surface area contributed by atoms with E-state index in [-0.39, 0.29) is 5.56 Å². The Balaban J connectivity index is 1.75. The maximum atomic E-state index is 12.6. The number of anilines is 1. The van der Waals surface area contributed by atoms with Gasteiger partial charge in [-0.25, -0.2) is 4.79 Å². The molecular weight excluding hydrogens is 380 g/mol. The number of para-hydroxylation sites is 2. The molecule has 0 aliphatic rings. The molecule has 0 fully saturated rings. The molecule has 3 rings (SSSR count). The summed E-state index contributed by atoms with van der Waals surface area (Å²) in [5.74, 6) is -0.581. The zero-order valence-electron chi connectivity index (χ0n) is 15.7. The van der Waals surface area contributed by atoms with Crippen molar-refractivity contribution in [1.29, 1.82) is 0 Å². The van der Waals surface area contributed by atoms with E-state index in [9.17, 15) is 9.59 Å². The van der Waals surface area contributed by atoms with Gasteiger partial charge < -0.3 is 14.8 Å². The number of nitrogens with zero attached hydrogens (tertiary/aromatic N) is 1. The van der Waals surface area contributed by atoms with E-state index in [0.717, 1.165) is 10.9 Å². The SMILES string of the molecule is COc1ccccc1NC(=O)C(C)OC(=O)c1cc2cc(Cl)ccc2nc1C. The highest BCUT2D eigenvalue weighted by Gasteiger charge is 2.22. The largest absolute Gasteiger partial charge is 0.495 e. The van der Waals surface area contributed by atoms with Crippen LogP contribution in [0, 0.1) is 6.92 Å². The van der Waals surface area contributed by atoms with Gasteiger partial charge in [0, 0.05) is 10.4 Å². The third-order valence-corrected chi connectivity index (χ3v) is 4.44. The van der Waals surface area contributed by atoms with Gasteiger partial charge in [0.05, 0.1) is 29.6 Å². The minimum Gasteiger partial charge on any atom is -0.495 e. The number of hydrogen-bond acceptors (Lipinski definition) is 5. The van der Waals surface area contributed by atoms with Crippen LogP contribution in [0.3, 0.4) is 0 Å². The Hall–Kier alpha value is -3.12. The molecule has 0 saturated heterocycles. The number of fused-ring (bicyclic) bond motifs is 1. The number of amides is 1. The normalized spacial score (nSPS) is 11.7. The van der Waals surface area contributed by atoms with Crippen molar-refractivity contribution in [2.45, 2.75) is 20.0 Å². The Morgan fingerprint density at radius 2 is 1.89 bits per heavy atom. The monoisotopic (exact) mass is 398 g/mol. The van der Waals surface area contributed by atoms with E-state index in [2.05, 4.69) is 10.3 Å². The van der Waals surface area contributed by atoms with Crippen LogP contribution in [0.5, 0.6) is 5.75 Å². The van der Waals surface area contributed by atoms with Crippen LogP contribution in [0.1, 0.15) is 23.0 Å². The Morgan fingerprint density at radius 3 is 2.64 bits per heavy atom. The Labute approximate surface area is 167 Å². The number of methoxy groups -OCH3 is 1. The van der Waals surface area contributed by atoms with Gasteiger partial charge in [-0.1, -0.05) is 23.7 Å². The average molecular weight is 399 g/mol. The number of carbonyl (C=O) groups excluding carboxylic acids is 2. The number of aromatic nitrogens is 1. The topological polar surface area (TPSA) is 77.5 Å². The van der Waals surface area contributed by atoms with Crippen LogP contribution in [-0.2, 0) is 9.53 Å². The molecule has 0 saturated carbocycles. The van der Waals surface area contributed by atoms with Gasteiger partial charge >= 0.3 is 5.97 Å². The molecule has 0 aliphatic heterocycles. The number of pyridine rings is 1. The molecule has 2 aromatic carbocycles. The number of halogens is 1. The minimum atomic E-state index is -1.01. The zero-order valence-corrected chi connectivity index (χ0v) is 16.4. The van der Waals surface area contributed by atoms with E-state index in [0.29, 0.717) is 22.2 Å². The van der Waals surface area contributed by atoms with Crippen molar-refractivity contribution in [1.82, 2.24) is 4.98 Å². The molecule has 0 bridgehead atoms. The first-order valence-electron chi connectivity index (χ1n) is 8.61. The van der Waals surface area contributed by atoms with Crippen molar-refractivity contribution in [2.24, 2.45) is 0 Å². The summed E-state index contributed by atoms with van der Waals surface area (Å²) < 4.78 is 10.5. The number of ether oxygens (including phenoxy) is 2. The van der Waals surface area contributed by atoms with Gasteiger partial charge in [0.1, 0.15) is 5.75 Å². The maximum Gasteiger partial charge on any atom is 0.340 e. The van der Waals surface area contributed by atoms with E-state index < -0.39 is 18.0 Å². The quantitative estimate of drug-likeness (QED) is 0.645. The first-order valence-corrected chi connectivity index (χ1v) is 8.98. The van der Waals surface area contributed by atoms with Gasteiger partial charge in [-0.3, -0.25) is 9.78 Å². The van der Waals surface area contributed by atoms with Gasteiger partial charge in [0.25, 0.3) is 5.91 Å². The van der Waals surface area contributed by atoms with Crippen molar-refractivity contribution in [3.8, 4) is 5.75 Å². The van der Waals surface area contributed by atoms with Gasteiger partial charge in [-0.2, -0.15) is 0 Å². The van der Waals surface area contributed by atoms with Gasteiger partial charge in [0.15, 0.2) is 6.10 Å². The van der Waals surface area contributed by atoms with Gasteiger partial charge in [-0.15, -0.1) is 0 Å². The van der Waals surface area contributed by atoms with Crippen molar-refractivity contribution in [3.05, 3.63) is 64.8 Å². The Bertz CT molecular complexity index is 1050. The van der Waals surface area contributed by atoms with Gasteiger partial charge in [0.2, 0.25) is 0 Å². The fourth-order valence-corrected chi connectivity index (χ4v) is 2.89. The second-order valence-corrected chi connectivity index (χ2v) is 6.63. The zero-order chi connectivity index (χ0) is 20.3. The van der Waals surface area contributed by atoms with E-state index in [4.69, 9.17) is 21.1 Å². The number of esters is 1. The average Bonchev–Trinajstić information content (AvgIpc) is 2.68. The summed E-state index contributed by atoms with van der Waals surface area (Å²) in [4.78, 5) is 29.4. The lowest BCUT2D eigenvalue weighted by atomic mass is 10.1. The summed E-state index contributed by atoms with van der Waals surface area (Å²) in [7, 11) is 1.51. The van der Waals surface area contributed by atoms with Crippen LogP contribution in [0.4, 0.5) is 5.69 Å². The van der Waals surface area contributed by atoms with Gasteiger partial charge in [-0.05, 0) is 50.2 Å². The fourth-order valence-electron chi connectivity index (χ4n) is 2.71. The van der Waals surface area contributed by atoms with Crippen molar-refractivity contribution >= 4 is 40.1 Å². The van der Waals surface area contributed by atoms with E-state index in [1.165, 1.54) is 14.0 Å². The lowest BCUT2D eigenvalue weighted by Crippen LogP contribution is -2.30. The number of aryl methyl sites for hydroxylation is 1. The van der Waals surface area contributed by atoms with E-state index in [1.807, 2.05) is 0 Å². The summed E-state index contributed by atoms with van der Waals surface area (Å²) in [5.41, 5.74) is 2.01. The fraction of sp³-hybridized carbons (Fsp3) is 0.190. The molecular formula is C21H19ClN2O4. The molecule has 28 heavy (non-hydrogen) atoms. The second-order valence-electron chi connectivity index (χ2n) is 6.20. The number of nitrogens with one attached hydrogen (secondary N) is 1. The molecule has 0 aliphatic carbocycles. The molecule has 1 atom stereocenters. The smallest absolute Gasteiger partial charge is 0.340 e. The first-order chi connectivity index (χ1) is 13.4. The summed E-state index contributed by atoms with van der Waals surface area (Å²) in [6.07, 6.45) is -1.01. The van der Waals surface area contributed by atoms with Crippen LogP contribution >= 0.6 is 11.6 Å². The van der Waals surface area contributed by atoms with Crippen molar-refractivity contribution in [2.75, 3.05) is 12.4 Å². The lowest BCUT2D eigenvalue weighted by molar-refractivity contribution is -0.123. The third-order valence-electron chi connectivity index (χ3n) is 4.21. The summed E-state index contributed by atoms with van der Waals surface area (Å²) >= 11 is 6.01. The summed E-state index contributed by atoms with van der Waals surface area (Å²) in [5, 5.41) is 3.96. The Morgan fingerprint density at radius 1 is 1.14 bits per heavy atom. The van der Waals surface area contributed by atoms with Crippen LogP contribution in [0.25, 0.3) is 10.9 Å². The van der Waals surface area contributed by atoms with Crippen LogP contribution in [0.15, 0.2) is 48.5 Å². The predicted molar refractivity (Wildman–Crippen MR) is 108 cm³/mol. The molecule has 1 N–H and O–H groups in total. The first kappa shape index (κ1) is 19.6.